The Hall–Kier alpha value is -4.24. The van der Waals surface area contributed by atoms with Crippen molar-refractivity contribution in [1.29, 1.82) is 0 Å². The Labute approximate surface area is 235 Å². The summed E-state index contributed by atoms with van der Waals surface area (Å²) in [4.78, 5) is 27.8. The van der Waals surface area contributed by atoms with E-state index in [1.54, 1.807) is 31.3 Å². The third-order valence-corrected chi connectivity index (χ3v) is 5.63. The van der Waals surface area contributed by atoms with E-state index in [9.17, 15) is 14.0 Å². The highest BCUT2D eigenvalue weighted by Gasteiger charge is 2.08. The van der Waals surface area contributed by atoms with Gasteiger partial charge in [0.25, 0.3) is 6.02 Å². The maximum absolute atomic E-state index is 13.2. The number of aldehydes is 1. The molecule has 214 valence electrons. The highest BCUT2D eigenvalue weighted by atomic mass is 19.1. The third kappa shape index (κ3) is 12.1. The van der Waals surface area contributed by atoms with Crippen molar-refractivity contribution < 1.29 is 28.2 Å². The van der Waals surface area contributed by atoms with Gasteiger partial charge in [-0.2, -0.15) is 0 Å². The fourth-order valence-electron chi connectivity index (χ4n) is 3.40. The lowest BCUT2D eigenvalue weighted by Gasteiger charge is -2.18. The molecule has 0 saturated carbocycles. The van der Waals surface area contributed by atoms with Crippen LogP contribution < -0.4 is 14.8 Å². The summed E-state index contributed by atoms with van der Waals surface area (Å²) in [6, 6.07) is 24.2. The van der Waals surface area contributed by atoms with Crippen LogP contribution in [0.3, 0.4) is 0 Å². The number of para-hydroxylation sites is 1. The number of rotatable bonds is 12. The summed E-state index contributed by atoms with van der Waals surface area (Å²) in [5, 5.41) is 3.09. The topological polar surface area (TPSA) is 89.5 Å². The summed E-state index contributed by atoms with van der Waals surface area (Å²) < 4.78 is 29.0. The molecule has 0 aliphatic heterocycles. The molecule has 0 amide bonds. The highest BCUT2D eigenvalue weighted by molar-refractivity contribution is 5.90. The molecule has 0 bridgehead atoms. The molecule has 3 aromatic carbocycles. The Kier molecular flexibility index (Phi) is 14.5. The minimum atomic E-state index is -0.792. The largest absolute Gasteiger partial charge is 0.492 e. The lowest BCUT2D eigenvalue weighted by molar-refractivity contribution is -0.107. The van der Waals surface area contributed by atoms with Gasteiger partial charge in [-0.15, -0.1) is 0 Å². The molecule has 1 N–H and O–H groups in total. The maximum Gasteiger partial charge on any atom is 0.337 e. The second kappa shape index (κ2) is 18.1. The number of anilines is 1. The van der Waals surface area contributed by atoms with Gasteiger partial charge in [0.2, 0.25) is 0 Å². The van der Waals surface area contributed by atoms with Gasteiger partial charge in [0.05, 0.1) is 12.7 Å². The van der Waals surface area contributed by atoms with Gasteiger partial charge < -0.3 is 29.2 Å². The van der Waals surface area contributed by atoms with E-state index in [4.69, 9.17) is 9.47 Å². The van der Waals surface area contributed by atoms with Gasteiger partial charge in [-0.05, 0) is 67.6 Å². The Morgan fingerprint density at radius 3 is 2.40 bits per heavy atom. The monoisotopic (exact) mass is 551 g/mol. The maximum atomic E-state index is 13.2. The van der Waals surface area contributed by atoms with Crippen molar-refractivity contribution in [2.24, 2.45) is 4.99 Å². The first-order valence-corrected chi connectivity index (χ1v) is 13.0. The smallest absolute Gasteiger partial charge is 0.337 e. The van der Waals surface area contributed by atoms with Crippen LogP contribution in [0.25, 0.3) is 0 Å². The van der Waals surface area contributed by atoms with Crippen LogP contribution in [0.4, 0.5) is 10.1 Å². The molecule has 40 heavy (non-hydrogen) atoms. The van der Waals surface area contributed by atoms with Crippen LogP contribution in [0.5, 0.6) is 11.5 Å². The summed E-state index contributed by atoms with van der Waals surface area (Å²) in [6.07, 6.45) is 0.984. The Morgan fingerprint density at radius 1 is 1.05 bits per heavy atom. The number of halogens is 1. The summed E-state index contributed by atoms with van der Waals surface area (Å²) in [5.74, 6) is 0.955. The fraction of sp³-hybridized carbons (Fsp3) is 0.323. The summed E-state index contributed by atoms with van der Waals surface area (Å²) in [6.45, 7) is 3.38. The van der Waals surface area contributed by atoms with Crippen LogP contribution in [0.2, 0.25) is 0 Å². The molecule has 0 fully saturated rings. The quantitative estimate of drug-likeness (QED) is 0.139. The predicted molar refractivity (Wildman–Crippen MR) is 156 cm³/mol. The number of hydrogen-bond acceptors (Lipinski definition) is 7. The first-order chi connectivity index (χ1) is 19.4. The zero-order valence-corrected chi connectivity index (χ0v) is 23.5. The van der Waals surface area contributed by atoms with E-state index in [0.29, 0.717) is 55.6 Å². The Balaban J connectivity index is 0.000000280. The SMILES string of the molecule is CCC(F)CN(C)CCOc1ccc(C(=O)OC)cc1.CN=C(Nc1ccccc1)Oc1cccc(CC=O)c1. The third-order valence-electron chi connectivity index (χ3n) is 5.63. The molecule has 1 atom stereocenters. The molecule has 0 aliphatic carbocycles. The number of aliphatic imine (C=N–C) groups is 1. The molecule has 3 rings (SSSR count). The van der Waals surface area contributed by atoms with Crippen molar-refractivity contribution in [1.82, 2.24) is 4.90 Å². The minimum absolute atomic E-state index is 0.371. The number of nitrogens with one attached hydrogen (secondary N) is 1. The van der Waals surface area contributed by atoms with Crippen LogP contribution in [0, 0.1) is 0 Å². The van der Waals surface area contributed by atoms with Crippen molar-refractivity contribution in [3.8, 4) is 11.5 Å². The number of likely N-dealkylation sites (N-methyl/N-ethyl adjacent to an activating group) is 1. The van der Waals surface area contributed by atoms with Crippen LogP contribution in [-0.2, 0) is 16.0 Å². The van der Waals surface area contributed by atoms with Crippen LogP contribution in [0.1, 0.15) is 29.3 Å². The van der Waals surface area contributed by atoms with Crippen molar-refractivity contribution in [3.63, 3.8) is 0 Å². The summed E-state index contributed by atoms with van der Waals surface area (Å²) in [7, 11) is 4.86. The molecule has 0 aliphatic rings. The van der Waals surface area contributed by atoms with Gasteiger partial charge in [-0.3, -0.25) is 0 Å². The van der Waals surface area contributed by atoms with Crippen molar-refractivity contribution in [2.45, 2.75) is 25.9 Å². The number of methoxy groups -OCH3 is 1. The van der Waals surface area contributed by atoms with Gasteiger partial charge in [-0.25, -0.2) is 14.2 Å². The van der Waals surface area contributed by atoms with Crippen LogP contribution in [-0.4, -0.2) is 70.3 Å². The van der Waals surface area contributed by atoms with E-state index in [1.807, 2.05) is 73.5 Å². The molecule has 8 nitrogen and oxygen atoms in total. The number of nitrogens with zero attached hydrogens (tertiary/aromatic N) is 2. The van der Waals surface area contributed by atoms with Crippen LogP contribution in [0.15, 0.2) is 83.9 Å². The zero-order chi connectivity index (χ0) is 29.2. The van der Waals surface area contributed by atoms with E-state index in [1.165, 1.54) is 7.11 Å². The van der Waals surface area contributed by atoms with Gasteiger partial charge in [0, 0.05) is 32.2 Å². The van der Waals surface area contributed by atoms with E-state index in [2.05, 4.69) is 15.0 Å². The molecule has 0 radical (unpaired) electrons. The highest BCUT2D eigenvalue weighted by Crippen LogP contribution is 2.15. The normalized spacial score (nSPS) is 11.6. The summed E-state index contributed by atoms with van der Waals surface area (Å²) in [5.41, 5.74) is 2.30. The molecule has 9 heteroatoms. The molecular weight excluding hydrogens is 513 g/mol. The van der Waals surface area contributed by atoms with Crippen molar-refractivity contribution in [2.75, 3.05) is 46.2 Å². The average molecular weight is 552 g/mol. The lowest BCUT2D eigenvalue weighted by atomic mass is 10.2. The standard InChI is InChI=1S/C16H16N2O2.C15H22FNO3/c1-17-16(18-14-7-3-2-4-8-14)20-15-9-5-6-13(12-15)10-11-19;1-4-13(16)11-17(2)9-10-20-14-7-5-12(6-8-14)15(18)19-3/h2-9,11-12H,10H2,1H3,(H,17,18);5-8,13H,4,9-11H2,1-3H3. The second-order valence-electron chi connectivity index (χ2n) is 8.77. The van der Waals surface area contributed by atoms with E-state index in [-0.39, 0.29) is 5.97 Å². The van der Waals surface area contributed by atoms with E-state index in [0.717, 1.165) is 17.5 Å². The average Bonchev–Trinajstić information content (AvgIpc) is 2.98. The van der Waals surface area contributed by atoms with Gasteiger partial charge >= 0.3 is 5.97 Å². The number of alkyl halides is 1. The van der Waals surface area contributed by atoms with Gasteiger partial charge in [0.15, 0.2) is 0 Å². The second-order valence-corrected chi connectivity index (χ2v) is 8.77. The van der Waals surface area contributed by atoms with Crippen LogP contribution >= 0.6 is 0 Å². The number of benzene rings is 3. The first kappa shape index (κ1) is 32.0. The van der Waals surface area contributed by atoms with Crippen molar-refractivity contribution in [3.05, 3.63) is 90.0 Å². The predicted octanol–water partition coefficient (Wildman–Crippen LogP) is 5.44. The minimum Gasteiger partial charge on any atom is -0.492 e. The van der Waals surface area contributed by atoms with Gasteiger partial charge in [-0.1, -0.05) is 37.3 Å². The van der Waals surface area contributed by atoms with Gasteiger partial charge in [0.1, 0.15) is 30.6 Å². The molecule has 1 unspecified atom stereocenters. The van der Waals surface area contributed by atoms with E-state index < -0.39 is 6.17 Å². The molecule has 0 saturated heterocycles. The molecular formula is C31H38FN3O5. The van der Waals surface area contributed by atoms with Crippen molar-refractivity contribution >= 4 is 24.0 Å². The zero-order valence-electron chi connectivity index (χ0n) is 23.5. The molecule has 0 heterocycles. The fourth-order valence-corrected chi connectivity index (χ4v) is 3.40. The Morgan fingerprint density at radius 2 is 1.77 bits per heavy atom. The molecule has 0 aromatic heterocycles. The van der Waals surface area contributed by atoms with E-state index >= 15 is 0 Å². The molecule has 3 aromatic rings. The number of amidine groups is 1. The number of esters is 1. The number of carbonyl (C=O) groups excluding carboxylic acids is 2. The number of hydrogen-bond donors (Lipinski definition) is 1. The lowest BCUT2D eigenvalue weighted by Crippen LogP contribution is -2.30. The Bertz CT molecular complexity index is 1190. The number of carbonyl (C=O) groups is 2. The number of ether oxygens (including phenoxy) is 3. The molecule has 0 spiro atoms. The summed E-state index contributed by atoms with van der Waals surface area (Å²) >= 11 is 0. The first-order valence-electron chi connectivity index (χ1n) is 13.0.